The van der Waals surface area contributed by atoms with E-state index in [1.54, 1.807) is 11.3 Å². The molecule has 0 unspecified atom stereocenters. The fourth-order valence-corrected chi connectivity index (χ4v) is 3.91. The average molecular weight is 363 g/mol. The largest absolute Gasteiger partial charge is 0.360 e. The summed E-state index contributed by atoms with van der Waals surface area (Å²) in [5.41, 5.74) is 1.98. The zero-order chi connectivity index (χ0) is 17.8. The van der Waals surface area contributed by atoms with Crippen molar-refractivity contribution in [2.24, 2.45) is 0 Å². The fourth-order valence-electron chi connectivity index (χ4n) is 2.99. The highest BCUT2D eigenvalue weighted by atomic mass is 32.1. The van der Waals surface area contributed by atoms with Gasteiger partial charge in [-0.3, -0.25) is 14.6 Å². The summed E-state index contributed by atoms with van der Waals surface area (Å²) in [7, 11) is 0. The molecule has 25 heavy (non-hydrogen) atoms. The number of aryl methyl sites for hydroxylation is 3. The van der Waals surface area contributed by atoms with Crippen molar-refractivity contribution in [3.63, 3.8) is 0 Å². The summed E-state index contributed by atoms with van der Waals surface area (Å²) < 4.78 is 5.27. The molecule has 0 saturated carbocycles. The molecule has 8 heteroatoms. The molecule has 3 rings (SSSR count). The van der Waals surface area contributed by atoms with Crippen molar-refractivity contribution in [3.8, 4) is 0 Å². The molecule has 2 aromatic rings. The molecule has 7 nitrogen and oxygen atoms in total. The zero-order valence-electron chi connectivity index (χ0n) is 15.0. The van der Waals surface area contributed by atoms with E-state index in [1.165, 1.54) is 4.88 Å². The number of nitrogens with zero attached hydrogens (tertiary/aromatic N) is 4. The lowest BCUT2D eigenvalue weighted by Crippen LogP contribution is -2.48. The first-order valence-electron chi connectivity index (χ1n) is 8.66. The normalized spacial score (nSPS) is 16.3. The van der Waals surface area contributed by atoms with Gasteiger partial charge in [-0.15, -0.1) is 11.3 Å². The van der Waals surface area contributed by atoms with Gasteiger partial charge in [0.25, 0.3) is 0 Å². The van der Waals surface area contributed by atoms with Crippen LogP contribution in [0.1, 0.15) is 28.9 Å². The van der Waals surface area contributed by atoms with Gasteiger partial charge in [0.2, 0.25) is 5.91 Å². The summed E-state index contributed by atoms with van der Waals surface area (Å²) >= 11 is 1.55. The van der Waals surface area contributed by atoms with Crippen LogP contribution < -0.4 is 5.32 Å². The lowest BCUT2D eigenvalue weighted by molar-refractivity contribution is -0.117. The van der Waals surface area contributed by atoms with Crippen molar-refractivity contribution in [1.82, 2.24) is 19.9 Å². The molecular formula is C17H25N5O2S. The van der Waals surface area contributed by atoms with Gasteiger partial charge in [-0.2, -0.15) is 0 Å². The second-order valence-corrected chi connectivity index (χ2v) is 7.61. The quantitative estimate of drug-likeness (QED) is 0.847. The minimum atomic E-state index is 0.00992. The second kappa shape index (κ2) is 8.07. The van der Waals surface area contributed by atoms with Gasteiger partial charge in [-0.1, -0.05) is 12.1 Å². The van der Waals surface area contributed by atoms with Crippen LogP contribution in [0.15, 0.2) is 10.6 Å². The number of thiazole rings is 1. The molecule has 2 aromatic heterocycles. The first-order valence-corrected chi connectivity index (χ1v) is 9.48. The highest BCUT2D eigenvalue weighted by molar-refractivity contribution is 7.15. The summed E-state index contributed by atoms with van der Waals surface area (Å²) in [6.45, 7) is 10.8. The van der Waals surface area contributed by atoms with Gasteiger partial charge in [-0.05, 0) is 20.3 Å². The SMILES string of the molecule is CCc1nc(NC(=O)CN2CCN(Cc3cc(C)no3)CC2)sc1C. The maximum Gasteiger partial charge on any atom is 0.240 e. The molecule has 1 saturated heterocycles. The Balaban J connectivity index is 1.42. The Morgan fingerprint density at radius 3 is 2.60 bits per heavy atom. The molecule has 1 N–H and O–H groups in total. The molecule has 0 atom stereocenters. The van der Waals surface area contributed by atoms with Gasteiger partial charge in [0.15, 0.2) is 10.9 Å². The molecule has 3 heterocycles. The Kier molecular flexibility index (Phi) is 5.82. The number of rotatable bonds is 6. The Bertz CT molecular complexity index is 718. The fraction of sp³-hybridized carbons (Fsp3) is 0.588. The number of hydrogen-bond donors (Lipinski definition) is 1. The van der Waals surface area contributed by atoms with Crippen LogP contribution in [-0.2, 0) is 17.8 Å². The molecule has 1 fully saturated rings. The smallest absolute Gasteiger partial charge is 0.240 e. The number of carbonyl (C=O) groups is 1. The van der Waals surface area contributed by atoms with Gasteiger partial charge < -0.3 is 9.84 Å². The van der Waals surface area contributed by atoms with E-state index < -0.39 is 0 Å². The summed E-state index contributed by atoms with van der Waals surface area (Å²) in [5, 5.41) is 7.56. The zero-order valence-corrected chi connectivity index (χ0v) is 15.9. The van der Waals surface area contributed by atoms with Gasteiger partial charge in [0, 0.05) is 37.1 Å². The predicted octanol–water partition coefficient (Wildman–Crippen LogP) is 2.07. The average Bonchev–Trinajstić information content (AvgIpc) is 3.14. The molecule has 1 amide bonds. The molecule has 0 radical (unpaired) electrons. The number of anilines is 1. The van der Waals surface area contributed by atoms with Gasteiger partial charge >= 0.3 is 0 Å². The highest BCUT2D eigenvalue weighted by Crippen LogP contribution is 2.22. The van der Waals surface area contributed by atoms with Crippen molar-refractivity contribution in [3.05, 3.63) is 28.1 Å². The Hall–Kier alpha value is -1.77. The third kappa shape index (κ3) is 4.87. The second-order valence-electron chi connectivity index (χ2n) is 6.41. The van der Waals surface area contributed by atoms with E-state index in [4.69, 9.17) is 4.52 Å². The molecule has 0 aromatic carbocycles. The number of carbonyl (C=O) groups excluding carboxylic acids is 1. The summed E-state index contributed by atoms with van der Waals surface area (Å²) in [5.74, 6) is 0.908. The van der Waals surface area contributed by atoms with Crippen molar-refractivity contribution in [1.29, 1.82) is 0 Å². The number of hydrogen-bond acceptors (Lipinski definition) is 7. The van der Waals surface area contributed by atoms with E-state index in [2.05, 4.69) is 32.2 Å². The molecular weight excluding hydrogens is 338 g/mol. The molecule has 1 aliphatic heterocycles. The maximum atomic E-state index is 12.2. The molecule has 0 aliphatic carbocycles. The Morgan fingerprint density at radius 2 is 2.00 bits per heavy atom. The van der Waals surface area contributed by atoms with Crippen molar-refractivity contribution in [2.45, 2.75) is 33.7 Å². The monoisotopic (exact) mass is 363 g/mol. The van der Waals surface area contributed by atoms with Crippen LogP contribution in [0.4, 0.5) is 5.13 Å². The van der Waals surface area contributed by atoms with E-state index in [-0.39, 0.29) is 5.91 Å². The number of amides is 1. The van der Waals surface area contributed by atoms with Crippen molar-refractivity contribution in [2.75, 3.05) is 38.0 Å². The van der Waals surface area contributed by atoms with E-state index in [0.29, 0.717) is 11.7 Å². The molecule has 0 spiro atoms. The first-order chi connectivity index (χ1) is 12.0. The van der Waals surface area contributed by atoms with Crippen molar-refractivity contribution < 1.29 is 9.32 Å². The van der Waals surface area contributed by atoms with Crippen LogP contribution >= 0.6 is 11.3 Å². The third-order valence-electron chi connectivity index (χ3n) is 4.36. The van der Waals surface area contributed by atoms with E-state index in [0.717, 1.165) is 56.3 Å². The predicted molar refractivity (Wildman–Crippen MR) is 97.8 cm³/mol. The van der Waals surface area contributed by atoms with Crippen LogP contribution in [0, 0.1) is 13.8 Å². The molecule has 136 valence electrons. The lowest BCUT2D eigenvalue weighted by Gasteiger charge is -2.33. The van der Waals surface area contributed by atoms with Crippen LogP contribution in [0.25, 0.3) is 0 Å². The Morgan fingerprint density at radius 1 is 1.28 bits per heavy atom. The lowest BCUT2D eigenvalue weighted by atomic mass is 10.3. The van der Waals surface area contributed by atoms with Gasteiger partial charge in [0.1, 0.15) is 0 Å². The van der Waals surface area contributed by atoms with E-state index in [9.17, 15) is 4.79 Å². The van der Waals surface area contributed by atoms with Crippen LogP contribution in [-0.4, -0.2) is 58.6 Å². The van der Waals surface area contributed by atoms with Crippen LogP contribution in [0.2, 0.25) is 0 Å². The number of piperazine rings is 1. The number of aromatic nitrogens is 2. The minimum absolute atomic E-state index is 0.00992. The van der Waals surface area contributed by atoms with E-state index >= 15 is 0 Å². The van der Waals surface area contributed by atoms with Gasteiger partial charge in [-0.25, -0.2) is 4.98 Å². The van der Waals surface area contributed by atoms with E-state index in [1.807, 2.05) is 19.9 Å². The van der Waals surface area contributed by atoms with Crippen molar-refractivity contribution >= 4 is 22.4 Å². The first kappa shape index (κ1) is 18.0. The highest BCUT2D eigenvalue weighted by Gasteiger charge is 2.20. The Labute approximate surface area is 152 Å². The van der Waals surface area contributed by atoms with Gasteiger partial charge in [0.05, 0.1) is 24.5 Å². The van der Waals surface area contributed by atoms with Crippen LogP contribution in [0.3, 0.4) is 0 Å². The summed E-state index contributed by atoms with van der Waals surface area (Å²) in [6, 6.07) is 1.97. The third-order valence-corrected chi connectivity index (χ3v) is 5.29. The standard InChI is InChI=1S/C17H25N5O2S/c1-4-15-13(3)25-17(18-15)19-16(23)11-22-7-5-21(6-8-22)10-14-9-12(2)20-24-14/h9H,4-8,10-11H2,1-3H3,(H,18,19,23). The minimum Gasteiger partial charge on any atom is -0.360 e. The van der Waals surface area contributed by atoms with Crippen LogP contribution in [0.5, 0.6) is 0 Å². The maximum absolute atomic E-state index is 12.2. The number of nitrogens with one attached hydrogen (secondary N) is 1. The molecule has 0 bridgehead atoms. The summed E-state index contributed by atoms with van der Waals surface area (Å²) in [6.07, 6.45) is 0.894. The summed E-state index contributed by atoms with van der Waals surface area (Å²) in [4.78, 5) is 22.4. The topological polar surface area (TPSA) is 74.5 Å². The molecule has 1 aliphatic rings.